The van der Waals surface area contributed by atoms with Crippen LogP contribution in [0, 0.1) is 0 Å². The zero-order valence-electron chi connectivity index (χ0n) is 20.5. The van der Waals surface area contributed by atoms with Crippen LogP contribution in [0.5, 0.6) is 11.5 Å². The second-order valence-corrected chi connectivity index (χ2v) is 8.69. The Hall–Kier alpha value is -3.04. The summed E-state index contributed by atoms with van der Waals surface area (Å²) in [6.07, 6.45) is 0.0524. The van der Waals surface area contributed by atoms with Crippen molar-refractivity contribution in [3.05, 3.63) is 89.0 Å². The van der Waals surface area contributed by atoms with Crippen LogP contribution in [0.4, 0.5) is 0 Å². The molecule has 0 saturated heterocycles. The Balaban J connectivity index is 0.00000361. The molecule has 36 heavy (non-hydrogen) atoms. The maximum atomic E-state index is 13.7. The molecule has 1 heterocycles. The van der Waals surface area contributed by atoms with E-state index in [1.54, 1.807) is 67.8 Å². The first-order chi connectivity index (χ1) is 16.9. The van der Waals surface area contributed by atoms with Crippen molar-refractivity contribution in [3.8, 4) is 11.5 Å². The third-order valence-electron chi connectivity index (χ3n) is 5.33. The Morgan fingerprint density at radius 2 is 1.61 bits per heavy atom. The van der Waals surface area contributed by atoms with E-state index >= 15 is 0 Å². The van der Waals surface area contributed by atoms with E-state index in [4.69, 9.17) is 9.47 Å². The van der Waals surface area contributed by atoms with E-state index in [1.165, 1.54) is 0 Å². The molecule has 0 unspecified atom stereocenters. The second-order valence-electron chi connectivity index (χ2n) is 8.16. The molecule has 0 radical (unpaired) electrons. The molecule has 0 aliphatic rings. The minimum absolute atomic E-state index is 0. The molecule has 178 valence electrons. The number of hydrogen-bond donors (Lipinski definition) is 0. The van der Waals surface area contributed by atoms with Crippen LogP contribution < -0.4 is 44.1 Å². The van der Waals surface area contributed by atoms with Crippen LogP contribution in [0.2, 0.25) is 0 Å². The fourth-order valence-electron chi connectivity index (χ4n) is 3.75. The first-order valence-electron chi connectivity index (χ1n) is 11.0. The molecule has 0 N–H and O–H groups in total. The van der Waals surface area contributed by atoms with Gasteiger partial charge in [-0.3, -0.25) is 4.79 Å². The van der Waals surface area contributed by atoms with Gasteiger partial charge in [-0.2, -0.15) is 8.75 Å². The van der Waals surface area contributed by atoms with Crippen molar-refractivity contribution < 1.29 is 53.7 Å². The van der Waals surface area contributed by atoms with Crippen molar-refractivity contribution in [2.45, 2.75) is 26.4 Å². The number of Topliss-reactive ketones (excluding diaryl/α,β-unsaturated/α-hetero) is 1. The number of nitrogens with zero attached hydrogens (tertiary/aromatic N) is 2. The Morgan fingerprint density at radius 3 is 2.28 bits per heavy atom. The quantitative estimate of drug-likeness (QED) is 0.189. The Labute approximate surface area is 235 Å². The average Bonchev–Trinajstić information content (AvgIpc) is 3.31. The summed E-state index contributed by atoms with van der Waals surface area (Å²) in [7, 11) is 1.55. The molecular formula is C27H23N2NaO5S. The number of carbonyl (C=O) groups is 2. The fraction of sp³-hybridized carbons (Fsp3) is 0.185. The van der Waals surface area contributed by atoms with Gasteiger partial charge in [0.15, 0.2) is 5.78 Å². The molecule has 0 spiro atoms. The van der Waals surface area contributed by atoms with E-state index < -0.39 is 11.8 Å². The minimum atomic E-state index is -1.45. The molecule has 0 aliphatic heterocycles. The third kappa shape index (κ3) is 6.39. The van der Waals surface area contributed by atoms with Gasteiger partial charge in [-0.1, -0.05) is 18.2 Å². The maximum Gasteiger partial charge on any atom is 1.00 e. The number of fused-ring (bicyclic) bond motifs is 1. The van der Waals surface area contributed by atoms with E-state index in [0.717, 1.165) is 17.3 Å². The second kappa shape index (κ2) is 12.3. The van der Waals surface area contributed by atoms with Gasteiger partial charge in [-0.15, -0.1) is 0 Å². The standard InChI is InChI=1S/C27H24N2O5S.Na/c1-16(2)34-20-10-7-18(8-11-20)26(30)22(14-17-5-4-6-21(13-17)33-3)25(27(31)32)19-9-12-23-24(15-19)29-35-28-23;/h4-13,15-16H,14H2,1-3H3,(H,31,32);/q;+1/p-1. The SMILES string of the molecule is COc1cccc(CC(C(=O)c2ccc(OC(C)C)cc2)=C(C(=O)[O-])c2ccc3nsnc3c2)c1.[Na+]. The van der Waals surface area contributed by atoms with Gasteiger partial charge in [-0.25, -0.2) is 0 Å². The third-order valence-corrected chi connectivity index (χ3v) is 5.88. The number of rotatable bonds is 9. The van der Waals surface area contributed by atoms with E-state index in [-0.39, 0.29) is 53.2 Å². The maximum absolute atomic E-state index is 13.7. The monoisotopic (exact) mass is 510 g/mol. The summed E-state index contributed by atoms with van der Waals surface area (Å²) in [4.78, 5) is 26.2. The summed E-state index contributed by atoms with van der Waals surface area (Å²) in [6, 6.07) is 18.7. The molecule has 0 saturated carbocycles. The minimum Gasteiger partial charge on any atom is -0.545 e. The number of carboxylic acids is 1. The molecule has 4 aromatic rings. The molecule has 0 atom stereocenters. The molecule has 0 bridgehead atoms. The molecular weight excluding hydrogens is 487 g/mol. The van der Waals surface area contributed by atoms with Crippen molar-refractivity contribution in [1.29, 1.82) is 0 Å². The molecule has 0 aliphatic carbocycles. The number of allylic oxidation sites excluding steroid dienone is 1. The summed E-state index contributed by atoms with van der Waals surface area (Å²) in [6.45, 7) is 3.82. The van der Waals surface area contributed by atoms with Gasteiger partial charge < -0.3 is 19.4 Å². The van der Waals surface area contributed by atoms with E-state index in [9.17, 15) is 14.7 Å². The number of carbonyl (C=O) groups excluding carboxylic acids is 2. The van der Waals surface area contributed by atoms with Crippen molar-refractivity contribution in [1.82, 2.24) is 8.75 Å². The molecule has 4 rings (SSSR count). The zero-order chi connectivity index (χ0) is 24.9. The number of aliphatic carboxylic acids is 1. The van der Waals surface area contributed by atoms with E-state index in [0.29, 0.717) is 33.7 Å². The summed E-state index contributed by atoms with van der Waals surface area (Å²) in [5.74, 6) is -0.635. The van der Waals surface area contributed by atoms with Gasteiger partial charge >= 0.3 is 29.6 Å². The zero-order valence-corrected chi connectivity index (χ0v) is 23.3. The number of ether oxygens (including phenoxy) is 2. The molecule has 0 amide bonds. The number of carboxylic acid groups (broad SMARTS) is 1. The number of benzene rings is 3. The summed E-state index contributed by atoms with van der Waals surface area (Å²) >= 11 is 1.03. The number of hydrogen-bond acceptors (Lipinski definition) is 8. The van der Waals surface area contributed by atoms with Crippen LogP contribution in [-0.4, -0.2) is 33.7 Å². The first-order valence-corrected chi connectivity index (χ1v) is 11.7. The predicted molar refractivity (Wildman–Crippen MR) is 133 cm³/mol. The fourth-order valence-corrected chi connectivity index (χ4v) is 4.27. The Morgan fingerprint density at radius 1 is 0.917 bits per heavy atom. The largest absolute Gasteiger partial charge is 1.00 e. The van der Waals surface area contributed by atoms with Gasteiger partial charge in [0.2, 0.25) is 0 Å². The van der Waals surface area contributed by atoms with Crippen molar-refractivity contribution in [2.24, 2.45) is 0 Å². The van der Waals surface area contributed by atoms with Gasteiger partial charge in [0.05, 0.1) is 30.9 Å². The topological polar surface area (TPSA) is 101 Å². The van der Waals surface area contributed by atoms with Crippen LogP contribution in [-0.2, 0) is 11.2 Å². The van der Waals surface area contributed by atoms with Crippen molar-refractivity contribution >= 4 is 40.1 Å². The molecule has 1 aromatic heterocycles. The van der Waals surface area contributed by atoms with Crippen LogP contribution in [0.1, 0.15) is 35.3 Å². The van der Waals surface area contributed by atoms with Crippen LogP contribution in [0.15, 0.2) is 72.3 Å². The first kappa shape index (κ1) is 27.5. The summed E-state index contributed by atoms with van der Waals surface area (Å²) in [5, 5.41) is 12.4. The average molecular weight is 511 g/mol. The van der Waals surface area contributed by atoms with Crippen LogP contribution in [0.3, 0.4) is 0 Å². The molecule has 0 fully saturated rings. The summed E-state index contributed by atoms with van der Waals surface area (Å²) < 4.78 is 19.3. The van der Waals surface area contributed by atoms with Crippen molar-refractivity contribution in [2.75, 3.05) is 7.11 Å². The van der Waals surface area contributed by atoms with Gasteiger partial charge in [0.1, 0.15) is 22.5 Å². The van der Waals surface area contributed by atoms with E-state index in [1.807, 2.05) is 19.9 Å². The normalized spacial score (nSPS) is 11.6. The van der Waals surface area contributed by atoms with Gasteiger partial charge in [0, 0.05) is 23.1 Å². The van der Waals surface area contributed by atoms with Crippen LogP contribution in [0.25, 0.3) is 16.6 Å². The van der Waals surface area contributed by atoms with Crippen molar-refractivity contribution in [3.63, 3.8) is 0 Å². The van der Waals surface area contributed by atoms with E-state index in [2.05, 4.69) is 8.75 Å². The molecule has 7 nitrogen and oxygen atoms in total. The van der Waals surface area contributed by atoms with Gasteiger partial charge in [0.25, 0.3) is 0 Å². The summed E-state index contributed by atoms with van der Waals surface area (Å²) in [5.41, 5.74) is 2.51. The number of methoxy groups -OCH3 is 1. The Bertz CT molecular complexity index is 1410. The predicted octanol–water partition coefficient (Wildman–Crippen LogP) is 1.12. The number of ketones is 1. The molecule has 3 aromatic carbocycles. The molecule has 9 heteroatoms. The number of aromatic nitrogens is 2. The Kier molecular flexibility index (Phi) is 9.39. The van der Waals surface area contributed by atoms with Gasteiger partial charge in [-0.05, 0) is 73.5 Å². The van der Waals surface area contributed by atoms with Crippen LogP contribution >= 0.6 is 11.7 Å². The smallest absolute Gasteiger partial charge is 0.545 e.